The van der Waals surface area contributed by atoms with E-state index in [2.05, 4.69) is 6.58 Å². The Balaban J connectivity index is 2.19. The zero-order valence-electron chi connectivity index (χ0n) is 7.53. The number of aliphatic hydroxyl groups is 1. The topological polar surface area (TPSA) is 42.6 Å². The molecular formula is C10H14O3. The molecule has 0 atom stereocenters. The number of rotatable bonds is 6. The minimum atomic E-state index is 0.210. The third-order valence-corrected chi connectivity index (χ3v) is 1.67. The molecule has 0 saturated carbocycles. The Bertz CT molecular complexity index is 239. The molecule has 0 spiro atoms. The molecule has 3 nitrogen and oxygen atoms in total. The maximum absolute atomic E-state index is 8.52. The van der Waals surface area contributed by atoms with Gasteiger partial charge in [-0.25, -0.2) is 0 Å². The van der Waals surface area contributed by atoms with Gasteiger partial charge in [-0.05, 0) is 18.9 Å². The Morgan fingerprint density at radius 1 is 1.54 bits per heavy atom. The van der Waals surface area contributed by atoms with Crippen molar-refractivity contribution < 1.29 is 14.3 Å². The van der Waals surface area contributed by atoms with Gasteiger partial charge >= 0.3 is 0 Å². The molecule has 0 bridgehead atoms. The van der Waals surface area contributed by atoms with Crippen LogP contribution in [0.1, 0.15) is 18.4 Å². The van der Waals surface area contributed by atoms with Crippen LogP contribution in [-0.4, -0.2) is 18.3 Å². The first-order chi connectivity index (χ1) is 6.34. The van der Waals surface area contributed by atoms with Gasteiger partial charge in [-0.3, -0.25) is 0 Å². The molecule has 0 fully saturated rings. The summed E-state index contributed by atoms with van der Waals surface area (Å²) in [6.45, 7) is 4.55. The largest absolute Gasteiger partial charge is 0.493 e. The number of furan rings is 1. The molecule has 0 aromatic carbocycles. The molecule has 1 aromatic rings. The quantitative estimate of drug-likeness (QED) is 0.540. The van der Waals surface area contributed by atoms with E-state index in [1.54, 1.807) is 18.6 Å². The van der Waals surface area contributed by atoms with E-state index in [0.29, 0.717) is 12.4 Å². The fraction of sp³-hybridized carbons (Fsp3) is 0.400. The fourth-order valence-electron chi connectivity index (χ4n) is 0.916. The molecule has 1 heterocycles. The van der Waals surface area contributed by atoms with Crippen LogP contribution >= 0.6 is 0 Å². The molecule has 1 rings (SSSR count). The van der Waals surface area contributed by atoms with E-state index in [0.717, 1.165) is 18.4 Å². The van der Waals surface area contributed by atoms with Crippen LogP contribution in [0.2, 0.25) is 0 Å². The summed E-state index contributed by atoms with van der Waals surface area (Å²) >= 11 is 0. The number of aliphatic hydroxyl groups excluding tert-OH is 1. The third kappa shape index (κ3) is 3.34. The normalized spacial score (nSPS) is 9.92. The van der Waals surface area contributed by atoms with Crippen LogP contribution in [0.15, 0.2) is 29.6 Å². The highest BCUT2D eigenvalue weighted by Crippen LogP contribution is 2.13. The van der Waals surface area contributed by atoms with Crippen molar-refractivity contribution in [1.82, 2.24) is 0 Å². The van der Waals surface area contributed by atoms with Crippen LogP contribution in [0.3, 0.4) is 0 Å². The van der Waals surface area contributed by atoms with Gasteiger partial charge in [0.25, 0.3) is 0 Å². The van der Waals surface area contributed by atoms with Crippen molar-refractivity contribution in [2.45, 2.75) is 12.8 Å². The van der Waals surface area contributed by atoms with Crippen LogP contribution in [0.5, 0.6) is 0 Å². The van der Waals surface area contributed by atoms with Crippen LogP contribution in [0, 0.1) is 0 Å². The molecule has 3 heteroatoms. The van der Waals surface area contributed by atoms with E-state index in [1.807, 2.05) is 0 Å². The van der Waals surface area contributed by atoms with Crippen molar-refractivity contribution in [3.63, 3.8) is 0 Å². The highest BCUT2D eigenvalue weighted by atomic mass is 16.5. The first kappa shape index (κ1) is 9.86. The van der Waals surface area contributed by atoms with E-state index < -0.39 is 0 Å². The van der Waals surface area contributed by atoms with Crippen LogP contribution in [0.4, 0.5) is 0 Å². The van der Waals surface area contributed by atoms with E-state index >= 15 is 0 Å². The lowest BCUT2D eigenvalue weighted by Crippen LogP contribution is -1.94. The Morgan fingerprint density at radius 3 is 3.00 bits per heavy atom. The Hall–Kier alpha value is -1.22. The summed E-state index contributed by atoms with van der Waals surface area (Å²) in [5, 5.41) is 8.52. The van der Waals surface area contributed by atoms with Gasteiger partial charge in [0.05, 0.1) is 18.4 Å². The summed E-state index contributed by atoms with van der Waals surface area (Å²) < 4.78 is 10.2. The predicted octanol–water partition coefficient (Wildman–Crippen LogP) is 2.04. The molecule has 72 valence electrons. The molecular weight excluding hydrogens is 168 g/mol. The monoisotopic (exact) mass is 182 g/mol. The molecule has 0 saturated heterocycles. The van der Waals surface area contributed by atoms with E-state index in [9.17, 15) is 0 Å². The minimum absolute atomic E-state index is 0.210. The maximum Gasteiger partial charge on any atom is 0.122 e. The third-order valence-electron chi connectivity index (χ3n) is 1.67. The van der Waals surface area contributed by atoms with Gasteiger partial charge in [0.1, 0.15) is 12.0 Å². The van der Waals surface area contributed by atoms with E-state index in [-0.39, 0.29) is 6.61 Å². The second-order valence-electron chi connectivity index (χ2n) is 2.71. The lowest BCUT2D eigenvalue weighted by molar-refractivity contribution is 0.235. The van der Waals surface area contributed by atoms with Gasteiger partial charge in [-0.2, -0.15) is 0 Å². The summed E-state index contributed by atoms with van der Waals surface area (Å²) in [7, 11) is 0. The summed E-state index contributed by atoms with van der Waals surface area (Å²) in [5.74, 6) is 0.617. The van der Waals surface area contributed by atoms with Crippen molar-refractivity contribution in [3.8, 4) is 0 Å². The fourth-order valence-corrected chi connectivity index (χ4v) is 0.916. The van der Waals surface area contributed by atoms with Crippen molar-refractivity contribution in [1.29, 1.82) is 0 Å². The van der Waals surface area contributed by atoms with Crippen molar-refractivity contribution in [2.75, 3.05) is 13.2 Å². The molecule has 13 heavy (non-hydrogen) atoms. The Labute approximate surface area is 77.6 Å². The van der Waals surface area contributed by atoms with E-state index in [1.165, 1.54) is 0 Å². The molecule has 0 aliphatic rings. The summed E-state index contributed by atoms with van der Waals surface area (Å²) in [4.78, 5) is 0. The first-order valence-corrected chi connectivity index (χ1v) is 4.29. The smallest absolute Gasteiger partial charge is 0.122 e. The lowest BCUT2D eigenvalue weighted by atomic mass is 10.3. The number of unbranched alkanes of at least 4 members (excludes halogenated alkanes) is 1. The predicted molar refractivity (Wildman–Crippen MR) is 50.0 cm³/mol. The highest BCUT2D eigenvalue weighted by Gasteiger charge is 2.00. The van der Waals surface area contributed by atoms with E-state index in [4.69, 9.17) is 14.3 Å². The van der Waals surface area contributed by atoms with Crippen molar-refractivity contribution in [3.05, 3.63) is 30.7 Å². The van der Waals surface area contributed by atoms with Crippen molar-refractivity contribution >= 4 is 5.76 Å². The first-order valence-electron chi connectivity index (χ1n) is 4.29. The van der Waals surface area contributed by atoms with Gasteiger partial charge in [-0.15, -0.1) is 0 Å². The molecule has 0 unspecified atom stereocenters. The summed E-state index contributed by atoms with van der Waals surface area (Å²) in [5.41, 5.74) is 0.865. The molecule has 1 N–H and O–H groups in total. The second-order valence-corrected chi connectivity index (χ2v) is 2.71. The molecule has 1 aromatic heterocycles. The Kier molecular flexibility index (Phi) is 4.12. The molecule has 0 amide bonds. The molecule has 0 aliphatic carbocycles. The maximum atomic E-state index is 8.52. The van der Waals surface area contributed by atoms with Crippen LogP contribution < -0.4 is 0 Å². The van der Waals surface area contributed by atoms with Crippen LogP contribution in [-0.2, 0) is 4.74 Å². The molecule has 0 radical (unpaired) electrons. The zero-order chi connectivity index (χ0) is 9.52. The van der Waals surface area contributed by atoms with Gasteiger partial charge in [-0.1, -0.05) is 6.58 Å². The summed E-state index contributed by atoms with van der Waals surface area (Å²) in [6.07, 6.45) is 4.78. The average Bonchev–Trinajstić information content (AvgIpc) is 2.65. The van der Waals surface area contributed by atoms with Crippen molar-refractivity contribution in [2.24, 2.45) is 0 Å². The second kappa shape index (κ2) is 5.43. The van der Waals surface area contributed by atoms with Crippen LogP contribution in [0.25, 0.3) is 5.76 Å². The van der Waals surface area contributed by atoms with Gasteiger partial charge in [0.15, 0.2) is 0 Å². The van der Waals surface area contributed by atoms with Gasteiger partial charge < -0.3 is 14.3 Å². The lowest BCUT2D eigenvalue weighted by Gasteiger charge is -2.05. The number of hydrogen-bond acceptors (Lipinski definition) is 3. The van der Waals surface area contributed by atoms with Gasteiger partial charge in [0, 0.05) is 6.61 Å². The highest BCUT2D eigenvalue weighted by molar-refractivity contribution is 5.55. The average molecular weight is 182 g/mol. The zero-order valence-corrected chi connectivity index (χ0v) is 7.53. The SMILES string of the molecule is C=C(OCCCCO)c1ccoc1. The minimum Gasteiger partial charge on any atom is -0.493 e. The molecule has 0 aliphatic heterocycles. The number of ether oxygens (including phenoxy) is 1. The Morgan fingerprint density at radius 2 is 2.38 bits per heavy atom. The number of hydrogen-bond donors (Lipinski definition) is 1. The standard InChI is InChI=1S/C10H14O3/c1-9(10-4-7-12-8-10)13-6-3-2-5-11/h4,7-8,11H,1-3,5-6H2. The summed E-state index contributed by atoms with van der Waals surface area (Å²) in [6, 6.07) is 1.80. The van der Waals surface area contributed by atoms with Gasteiger partial charge in [0.2, 0.25) is 0 Å².